The molecule has 0 radical (unpaired) electrons. The summed E-state index contributed by atoms with van der Waals surface area (Å²) in [6.07, 6.45) is 0.737. The van der Waals surface area contributed by atoms with Crippen molar-refractivity contribution in [2.45, 2.75) is 58.0 Å². The number of hydrogen-bond acceptors (Lipinski definition) is 4. The Morgan fingerprint density at radius 3 is 2.26 bits per heavy atom. The number of thioether (sulfide) groups is 1. The molecule has 1 heterocycles. The highest BCUT2D eigenvalue weighted by atomic mass is 32.2. The van der Waals surface area contributed by atoms with E-state index >= 15 is 0 Å². The fourth-order valence-electron chi connectivity index (χ4n) is 1.94. The van der Waals surface area contributed by atoms with E-state index in [-0.39, 0.29) is 11.3 Å². The van der Waals surface area contributed by atoms with Crippen LogP contribution in [0.5, 0.6) is 0 Å². The first-order valence-corrected chi connectivity index (χ1v) is 7.55. The van der Waals surface area contributed by atoms with E-state index in [2.05, 4.69) is 0 Å². The number of carboxylic acid groups (broad SMARTS) is 1. The Labute approximate surface area is 118 Å². The minimum atomic E-state index is -0.942. The molecule has 0 aromatic rings. The lowest BCUT2D eigenvalue weighted by molar-refractivity contribution is -0.155. The first-order valence-electron chi connectivity index (χ1n) is 6.50. The zero-order chi connectivity index (χ0) is 15.0. The number of carbonyl (C=O) groups is 2. The number of nitrogens with two attached hydrogens (primary N) is 1. The molecule has 2 unspecified atom stereocenters. The monoisotopic (exact) mass is 288 g/mol. The first-order chi connectivity index (χ1) is 8.54. The molecule has 1 aliphatic heterocycles. The average molecular weight is 288 g/mol. The number of carboxylic acids is 1. The van der Waals surface area contributed by atoms with Crippen LogP contribution in [0.3, 0.4) is 0 Å². The summed E-state index contributed by atoms with van der Waals surface area (Å²) in [6, 6.07) is -0.746. The molecule has 0 bridgehead atoms. The molecule has 1 saturated heterocycles. The summed E-state index contributed by atoms with van der Waals surface area (Å²) in [5.41, 5.74) is 4.57. The minimum absolute atomic E-state index is 0.0739. The van der Waals surface area contributed by atoms with Gasteiger partial charge in [-0.1, -0.05) is 6.92 Å². The maximum absolute atomic E-state index is 12.8. The average Bonchev–Trinajstić information content (AvgIpc) is 2.69. The Kier molecular flexibility index (Phi) is 4.57. The van der Waals surface area contributed by atoms with E-state index in [1.807, 2.05) is 6.92 Å². The van der Waals surface area contributed by atoms with Gasteiger partial charge in [0.05, 0.1) is 10.8 Å². The molecular weight excluding hydrogens is 264 g/mol. The van der Waals surface area contributed by atoms with E-state index in [0.29, 0.717) is 5.75 Å². The molecule has 5 nitrogen and oxygen atoms in total. The highest BCUT2D eigenvalue weighted by molar-refractivity contribution is 8.00. The molecule has 19 heavy (non-hydrogen) atoms. The van der Waals surface area contributed by atoms with Crippen LogP contribution >= 0.6 is 11.8 Å². The number of amides is 1. The van der Waals surface area contributed by atoms with Gasteiger partial charge in [0.15, 0.2) is 0 Å². The predicted octanol–water partition coefficient (Wildman–Crippen LogP) is 1.51. The molecule has 1 amide bonds. The van der Waals surface area contributed by atoms with Gasteiger partial charge in [-0.2, -0.15) is 0 Å². The van der Waals surface area contributed by atoms with Crippen molar-refractivity contribution in [2.75, 3.05) is 5.75 Å². The molecule has 1 rings (SSSR count). The summed E-state index contributed by atoms with van der Waals surface area (Å²) in [7, 11) is 0. The van der Waals surface area contributed by atoms with Gasteiger partial charge >= 0.3 is 5.97 Å². The second kappa shape index (κ2) is 5.32. The van der Waals surface area contributed by atoms with Gasteiger partial charge in [-0.05, 0) is 34.1 Å². The molecule has 0 aliphatic carbocycles. The van der Waals surface area contributed by atoms with Gasteiger partial charge < -0.3 is 15.7 Å². The Balaban J connectivity index is 3.10. The second-order valence-electron chi connectivity index (χ2n) is 6.11. The molecule has 6 heteroatoms. The molecular formula is C13H24N2O3S. The molecule has 0 aromatic carbocycles. The zero-order valence-corrected chi connectivity index (χ0v) is 13.1. The molecule has 0 spiro atoms. The topological polar surface area (TPSA) is 83.6 Å². The molecule has 2 atom stereocenters. The molecule has 3 N–H and O–H groups in total. The van der Waals surface area contributed by atoms with Crippen molar-refractivity contribution in [3.05, 3.63) is 0 Å². The van der Waals surface area contributed by atoms with E-state index in [1.54, 1.807) is 27.7 Å². The summed E-state index contributed by atoms with van der Waals surface area (Å²) < 4.78 is 0. The van der Waals surface area contributed by atoms with E-state index in [4.69, 9.17) is 5.73 Å². The highest BCUT2D eigenvalue weighted by Gasteiger charge is 2.49. The summed E-state index contributed by atoms with van der Waals surface area (Å²) >= 11 is 1.53. The lowest BCUT2D eigenvalue weighted by Crippen LogP contribution is -2.59. The molecule has 0 saturated carbocycles. The van der Waals surface area contributed by atoms with Crippen molar-refractivity contribution in [1.82, 2.24) is 4.90 Å². The minimum Gasteiger partial charge on any atom is -0.480 e. The maximum atomic E-state index is 12.8. The van der Waals surface area contributed by atoms with E-state index in [1.165, 1.54) is 16.7 Å². The molecule has 110 valence electrons. The summed E-state index contributed by atoms with van der Waals surface area (Å²) in [4.78, 5) is 25.6. The summed E-state index contributed by atoms with van der Waals surface area (Å²) in [5, 5.41) is 9.20. The van der Waals surface area contributed by atoms with Gasteiger partial charge in [-0.15, -0.1) is 11.8 Å². The third-order valence-electron chi connectivity index (χ3n) is 4.11. The van der Waals surface area contributed by atoms with Crippen LogP contribution in [-0.2, 0) is 9.59 Å². The van der Waals surface area contributed by atoms with Crippen molar-refractivity contribution in [3.63, 3.8) is 0 Å². The van der Waals surface area contributed by atoms with Gasteiger partial charge in [0, 0.05) is 11.3 Å². The zero-order valence-electron chi connectivity index (χ0n) is 12.3. The van der Waals surface area contributed by atoms with E-state index < -0.39 is 23.0 Å². The van der Waals surface area contributed by atoms with Crippen LogP contribution in [0.15, 0.2) is 0 Å². The smallest absolute Gasteiger partial charge is 0.327 e. The van der Waals surface area contributed by atoms with Crippen molar-refractivity contribution >= 4 is 23.6 Å². The number of carbonyl (C=O) groups excluding carboxylic acids is 1. The Bertz CT molecular complexity index is 377. The van der Waals surface area contributed by atoms with Gasteiger partial charge in [-0.3, -0.25) is 4.79 Å². The number of hydrogen-bond donors (Lipinski definition) is 2. The highest BCUT2D eigenvalue weighted by Crippen LogP contribution is 2.38. The van der Waals surface area contributed by atoms with Crippen molar-refractivity contribution in [1.29, 1.82) is 0 Å². The van der Waals surface area contributed by atoms with Crippen molar-refractivity contribution in [2.24, 2.45) is 11.1 Å². The largest absolute Gasteiger partial charge is 0.480 e. The van der Waals surface area contributed by atoms with E-state index in [9.17, 15) is 14.7 Å². The Morgan fingerprint density at radius 2 is 1.89 bits per heavy atom. The van der Waals surface area contributed by atoms with Crippen molar-refractivity contribution in [3.8, 4) is 0 Å². The standard InChI is InChI=1S/C13H24N2O3S/c1-6-9-15(8(7-19-9)10(16)17)11(18)12(2,3)13(4,5)14/h8-9H,6-7,14H2,1-5H3,(H,16,17). The molecule has 1 fully saturated rings. The third kappa shape index (κ3) is 2.89. The van der Waals surface area contributed by atoms with Crippen molar-refractivity contribution < 1.29 is 14.7 Å². The van der Waals surface area contributed by atoms with Crippen LogP contribution in [0.1, 0.15) is 41.0 Å². The lowest BCUT2D eigenvalue weighted by Gasteiger charge is -2.42. The fourth-order valence-corrected chi connectivity index (χ4v) is 3.29. The molecule has 1 aliphatic rings. The second-order valence-corrected chi connectivity index (χ2v) is 7.32. The Morgan fingerprint density at radius 1 is 1.37 bits per heavy atom. The van der Waals surface area contributed by atoms with Crippen LogP contribution in [0.4, 0.5) is 0 Å². The Hall–Kier alpha value is -0.750. The SMILES string of the molecule is CCC1SCC(C(=O)O)N1C(=O)C(C)(C)C(C)(C)N. The lowest BCUT2D eigenvalue weighted by atomic mass is 9.74. The molecule has 0 aromatic heterocycles. The quantitative estimate of drug-likeness (QED) is 0.819. The van der Waals surface area contributed by atoms with Gasteiger partial charge in [0.2, 0.25) is 5.91 Å². The van der Waals surface area contributed by atoms with Gasteiger partial charge in [0.1, 0.15) is 6.04 Å². The van der Waals surface area contributed by atoms with Crippen LogP contribution in [-0.4, -0.2) is 44.6 Å². The maximum Gasteiger partial charge on any atom is 0.327 e. The number of aliphatic carboxylic acids is 1. The third-order valence-corrected chi connectivity index (χ3v) is 5.56. The summed E-state index contributed by atoms with van der Waals surface area (Å²) in [5.74, 6) is -0.674. The summed E-state index contributed by atoms with van der Waals surface area (Å²) in [6.45, 7) is 9.12. The van der Waals surface area contributed by atoms with Gasteiger partial charge in [0.25, 0.3) is 0 Å². The number of nitrogens with zero attached hydrogens (tertiary/aromatic N) is 1. The van der Waals surface area contributed by atoms with E-state index in [0.717, 1.165) is 6.42 Å². The van der Waals surface area contributed by atoms with Crippen LogP contribution in [0, 0.1) is 5.41 Å². The van der Waals surface area contributed by atoms with Crippen LogP contribution in [0.25, 0.3) is 0 Å². The fraction of sp³-hybridized carbons (Fsp3) is 0.846. The first kappa shape index (κ1) is 16.3. The van der Waals surface area contributed by atoms with Crippen LogP contribution in [0.2, 0.25) is 0 Å². The van der Waals surface area contributed by atoms with Gasteiger partial charge in [-0.25, -0.2) is 4.79 Å². The number of rotatable bonds is 4. The van der Waals surface area contributed by atoms with Crippen LogP contribution < -0.4 is 5.73 Å². The predicted molar refractivity (Wildman–Crippen MR) is 76.9 cm³/mol. The normalized spacial score (nSPS) is 24.6.